The van der Waals surface area contributed by atoms with Crippen LogP contribution >= 0.6 is 0 Å². The standard InChI is InChI=1S/C17H29N3O/c1-5-21-17(9-7-6-8-10-17)16-19-14(4)11-15(20-16)12-18-13(2)3/h11,13,18H,5-10,12H2,1-4H3. The van der Waals surface area contributed by atoms with E-state index in [9.17, 15) is 0 Å². The molecule has 4 nitrogen and oxygen atoms in total. The maximum atomic E-state index is 6.15. The van der Waals surface area contributed by atoms with Gasteiger partial charge in [0.2, 0.25) is 0 Å². The van der Waals surface area contributed by atoms with Crippen LogP contribution in [0, 0.1) is 6.92 Å². The summed E-state index contributed by atoms with van der Waals surface area (Å²) in [6.45, 7) is 9.92. The number of ether oxygens (including phenoxy) is 1. The molecule has 0 amide bonds. The van der Waals surface area contributed by atoms with Crippen molar-refractivity contribution in [3.05, 3.63) is 23.3 Å². The van der Waals surface area contributed by atoms with Crippen LogP contribution in [-0.2, 0) is 16.9 Å². The number of nitrogens with zero attached hydrogens (tertiary/aromatic N) is 2. The number of hydrogen-bond donors (Lipinski definition) is 1. The van der Waals surface area contributed by atoms with Crippen LogP contribution in [0.2, 0.25) is 0 Å². The average Bonchev–Trinajstić information content (AvgIpc) is 2.46. The minimum atomic E-state index is -0.258. The van der Waals surface area contributed by atoms with E-state index in [1.54, 1.807) is 0 Å². The quantitative estimate of drug-likeness (QED) is 0.871. The fourth-order valence-electron chi connectivity index (χ4n) is 3.07. The summed E-state index contributed by atoms with van der Waals surface area (Å²) in [5, 5.41) is 3.43. The molecule has 0 radical (unpaired) electrons. The highest BCUT2D eigenvalue weighted by molar-refractivity contribution is 5.15. The zero-order chi connectivity index (χ0) is 15.3. The Balaban J connectivity index is 2.27. The largest absolute Gasteiger partial charge is 0.367 e. The van der Waals surface area contributed by atoms with Crippen molar-refractivity contribution in [2.45, 2.75) is 78.0 Å². The van der Waals surface area contributed by atoms with Crippen LogP contribution in [0.15, 0.2) is 6.07 Å². The Hall–Kier alpha value is -1.00. The van der Waals surface area contributed by atoms with Gasteiger partial charge in [-0.15, -0.1) is 0 Å². The second kappa shape index (κ2) is 7.32. The van der Waals surface area contributed by atoms with E-state index in [1.165, 1.54) is 19.3 Å². The average molecular weight is 291 g/mol. The summed E-state index contributed by atoms with van der Waals surface area (Å²) in [6, 6.07) is 2.53. The summed E-state index contributed by atoms with van der Waals surface area (Å²) in [5.74, 6) is 0.893. The van der Waals surface area contributed by atoms with Crippen LogP contribution in [0.1, 0.15) is 70.1 Å². The van der Waals surface area contributed by atoms with E-state index in [2.05, 4.69) is 32.2 Å². The van der Waals surface area contributed by atoms with E-state index in [1.807, 2.05) is 6.92 Å². The number of nitrogens with one attached hydrogen (secondary N) is 1. The summed E-state index contributed by atoms with van der Waals surface area (Å²) >= 11 is 0. The SMILES string of the molecule is CCOC1(c2nc(C)cc(CNC(C)C)n2)CCCCC1. The highest BCUT2D eigenvalue weighted by atomic mass is 16.5. The molecule has 1 N–H and O–H groups in total. The van der Waals surface area contributed by atoms with E-state index >= 15 is 0 Å². The summed E-state index contributed by atoms with van der Waals surface area (Å²) in [6.07, 6.45) is 5.79. The molecule has 1 aromatic heterocycles. The molecule has 4 heteroatoms. The molecule has 1 fully saturated rings. The molecule has 1 saturated carbocycles. The highest BCUT2D eigenvalue weighted by Gasteiger charge is 2.37. The smallest absolute Gasteiger partial charge is 0.160 e. The Morgan fingerprint density at radius 2 is 1.95 bits per heavy atom. The molecular formula is C17H29N3O. The minimum Gasteiger partial charge on any atom is -0.367 e. The second-order valence-electron chi connectivity index (χ2n) is 6.35. The maximum absolute atomic E-state index is 6.15. The third kappa shape index (κ3) is 4.24. The van der Waals surface area contributed by atoms with Crippen LogP contribution in [0.25, 0.3) is 0 Å². The molecule has 21 heavy (non-hydrogen) atoms. The first-order valence-corrected chi connectivity index (χ1v) is 8.28. The molecular weight excluding hydrogens is 262 g/mol. The molecule has 0 saturated heterocycles. The van der Waals surface area contributed by atoms with Gasteiger partial charge in [0.05, 0.1) is 5.69 Å². The maximum Gasteiger partial charge on any atom is 0.160 e. The topological polar surface area (TPSA) is 47.0 Å². The molecule has 2 rings (SSSR count). The van der Waals surface area contributed by atoms with Gasteiger partial charge < -0.3 is 10.1 Å². The third-order valence-electron chi connectivity index (χ3n) is 4.09. The molecule has 118 valence electrons. The third-order valence-corrected chi connectivity index (χ3v) is 4.09. The van der Waals surface area contributed by atoms with Gasteiger partial charge in [0.25, 0.3) is 0 Å². The van der Waals surface area contributed by atoms with Crippen LogP contribution in [0.4, 0.5) is 0 Å². The van der Waals surface area contributed by atoms with Gasteiger partial charge in [-0.25, -0.2) is 9.97 Å². The fraction of sp³-hybridized carbons (Fsp3) is 0.765. The van der Waals surface area contributed by atoms with Gasteiger partial charge in [-0.05, 0) is 32.8 Å². The van der Waals surface area contributed by atoms with Crippen molar-refractivity contribution in [2.75, 3.05) is 6.61 Å². The fourth-order valence-corrected chi connectivity index (χ4v) is 3.07. The number of aromatic nitrogens is 2. The van der Waals surface area contributed by atoms with E-state index < -0.39 is 0 Å². The molecule has 0 aliphatic heterocycles. The summed E-state index contributed by atoms with van der Waals surface area (Å²) < 4.78 is 6.15. The molecule has 1 heterocycles. The Kier molecular flexibility index (Phi) is 5.71. The Labute approximate surface area is 128 Å². The monoisotopic (exact) mass is 291 g/mol. The normalized spacial score (nSPS) is 18.1. The van der Waals surface area contributed by atoms with Crippen molar-refractivity contribution in [3.8, 4) is 0 Å². The Morgan fingerprint density at radius 3 is 2.57 bits per heavy atom. The first-order valence-electron chi connectivity index (χ1n) is 8.28. The first kappa shape index (κ1) is 16.4. The number of hydrogen-bond acceptors (Lipinski definition) is 4. The van der Waals surface area contributed by atoms with Gasteiger partial charge in [-0.3, -0.25) is 0 Å². The number of aryl methyl sites for hydroxylation is 1. The van der Waals surface area contributed by atoms with Crippen molar-refractivity contribution < 1.29 is 4.74 Å². The highest BCUT2D eigenvalue weighted by Crippen LogP contribution is 2.38. The second-order valence-corrected chi connectivity index (χ2v) is 6.35. The molecule has 1 aromatic rings. The van der Waals surface area contributed by atoms with Gasteiger partial charge in [-0.2, -0.15) is 0 Å². The lowest BCUT2D eigenvalue weighted by Gasteiger charge is -2.35. The summed E-state index contributed by atoms with van der Waals surface area (Å²) in [7, 11) is 0. The molecule has 0 bridgehead atoms. The van der Waals surface area contributed by atoms with Crippen molar-refractivity contribution in [3.63, 3.8) is 0 Å². The lowest BCUT2D eigenvalue weighted by atomic mass is 9.83. The molecule has 0 unspecified atom stereocenters. The Morgan fingerprint density at radius 1 is 1.24 bits per heavy atom. The number of rotatable bonds is 6. The van der Waals surface area contributed by atoms with Crippen molar-refractivity contribution in [2.24, 2.45) is 0 Å². The predicted octanol–water partition coefficient (Wildman–Crippen LogP) is 3.48. The van der Waals surface area contributed by atoms with Crippen LogP contribution in [-0.4, -0.2) is 22.6 Å². The molecule has 0 aromatic carbocycles. The summed E-state index contributed by atoms with van der Waals surface area (Å²) in [4.78, 5) is 9.53. The lowest BCUT2D eigenvalue weighted by molar-refractivity contribution is -0.0769. The predicted molar refractivity (Wildman–Crippen MR) is 85.1 cm³/mol. The Bertz CT molecular complexity index is 448. The molecule has 0 spiro atoms. The van der Waals surface area contributed by atoms with E-state index in [0.717, 1.165) is 43.2 Å². The molecule has 0 atom stereocenters. The summed E-state index contributed by atoms with van der Waals surface area (Å²) in [5.41, 5.74) is 1.84. The van der Waals surface area contributed by atoms with Gasteiger partial charge in [0, 0.05) is 24.9 Å². The minimum absolute atomic E-state index is 0.258. The molecule has 1 aliphatic rings. The van der Waals surface area contributed by atoms with Crippen LogP contribution < -0.4 is 5.32 Å². The van der Waals surface area contributed by atoms with Crippen LogP contribution in [0.3, 0.4) is 0 Å². The van der Waals surface area contributed by atoms with Crippen LogP contribution in [0.5, 0.6) is 0 Å². The van der Waals surface area contributed by atoms with Crippen molar-refractivity contribution in [1.82, 2.24) is 15.3 Å². The molecule has 1 aliphatic carbocycles. The lowest BCUT2D eigenvalue weighted by Crippen LogP contribution is -2.35. The van der Waals surface area contributed by atoms with Gasteiger partial charge >= 0.3 is 0 Å². The zero-order valence-electron chi connectivity index (χ0n) is 13.9. The zero-order valence-corrected chi connectivity index (χ0v) is 13.9. The van der Waals surface area contributed by atoms with E-state index in [0.29, 0.717) is 6.04 Å². The van der Waals surface area contributed by atoms with Gasteiger partial charge in [-0.1, -0.05) is 33.1 Å². The van der Waals surface area contributed by atoms with Gasteiger partial charge in [0.15, 0.2) is 5.82 Å². The van der Waals surface area contributed by atoms with Crippen molar-refractivity contribution in [1.29, 1.82) is 0 Å². The van der Waals surface area contributed by atoms with Crippen molar-refractivity contribution >= 4 is 0 Å². The van der Waals surface area contributed by atoms with E-state index in [4.69, 9.17) is 14.7 Å². The van der Waals surface area contributed by atoms with Gasteiger partial charge in [0.1, 0.15) is 5.60 Å². The van der Waals surface area contributed by atoms with E-state index in [-0.39, 0.29) is 5.60 Å². The first-order chi connectivity index (χ1) is 10.1.